The molecule has 2 aromatic rings. The van der Waals surface area contributed by atoms with Crippen LogP contribution in [0.1, 0.15) is 71.3 Å². The summed E-state index contributed by atoms with van der Waals surface area (Å²) in [6.07, 6.45) is 9.71. The van der Waals surface area contributed by atoms with E-state index < -0.39 is 0 Å². The summed E-state index contributed by atoms with van der Waals surface area (Å²) in [5.74, 6) is 2.30. The van der Waals surface area contributed by atoms with Crippen molar-refractivity contribution in [2.75, 3.05) is 20.1 Å². The van der Waals surface area contributed by atoms with Crippen LogP contribution in [0.2, 0.25) is 0 Å². The van der Waals surface area contributed by atoms with Crippen molar-refractivity contribution in [2.24, 2.45) is 17.8 Å². The SMILES string of the molecule is CCC1CC(OC(=O)N(CC(C)C)CC(C)C)CC1c1nnc2cncc(/C=C\NC)n12. The average molecular weight is 443 g/mol. The zero-order valence-corrected chi connectivity index (χ0v) is 20.3. The summed E-state index contributed by atoms with van der Waals surface area (Å²) in [5.41, 5.74) is 1.65. The molecule has 0 aromatic carbocycles. The minimum atomic E-state index is -0.194. The third kappa shape index (κ3) is 5.58. The Morgan fingerprint density at radius 2 is 1.94 bits per heavy atom. The van der Waals surface area contributed by atoms with Gasteiger partial charge in [-0.1, -0.05) is 41.0 Å². The molecule has 1 aliphatic carbocycles. The van der Waals surface area contributed by atoms with Gasteiger partial charge in [-0.25, -0.2) is 4.79 Å². The largest absolute Gasteiger partial charge is 0.446 e. The van der Waals surface area contributed by atoms with Crippen LogP contribution in [0.4, 0.5) is 4.79 Å². The van der Waals surface area contributed by atoms with Crippen molar-refractivity contribution in [2.45, 2.75) is 65.9 Å². The number of aromatic nitrogens is 4. The zero-order chi connectivity index (χ0) is 23.3. The fraction of sp³-hybridized carbons (Fsp3) is 0.667. The van der Waals surface area contributed by atoms with Crippen molar-refractivity contribution in [1.29, 1.82) is 0 Å². The topological polar surface area (TPSA) is 84.7 Å². The number of carbonyl (C=O) groups is 1. The number of nitrogens with one attached hydrogen (secondary N) is 1. The van der Waals surface area contributed by atoms with Crippen LogP contribution in [-0.2, 0) is 4.74 Å². The molecule has 1 saturated carbocycles. The Hall–Kier alpha value is -2.64. The molecular formula is C24H38N6O2. The van der Waals surface area contributed by atoms with Crippen molar-refractivity contribution < 1.29 is 9.53 Å². The van der Waals surface area contributed by atoms with Gasteiger partial charge >= 0.3 is 6.09 Å². The number of fused-ring (bicyclic) bond motifs is 1. The van der Waals surface area contributed by atoms with Crippen LogP contribution < -0.4 is 5.32 Å². The average Bonchev–Trinajstić information content (AvgIpc) is 3.34. The van der Waals surface area contributed by atoms with Gasteiger partial charge in [-0.3, -0.25) is 9.38 Å². The first-order valence-electron chi connectivity index (χ1n) is 11.8. The van der Waals surface area contributed by atoms with Gasteiger partial charge < -0.3 is 15.0 Å². The van der Waals surface area contributed by atoms with Crippen LogP contribution in [0.5, 0.6) is 0 Å². The number of hydrogen-bond donors (Lipinski definition) is 1. The molecule has 1 N–H and O–H groups in total. The lowest BCUT2D eigenvalue weighted by atomic mass is 9.93. The molecule has 1 amide bonds. The van der Waals surface area contributed by atoms with E-state index in [1.165, 1.54) is 0 Å². The molecule has 1 aliphatic rings. The van der Waals surface area contributed by atoms with Gasteiger partial charge in [-0.2, -0.15) is 0 Å². The molecule has 8 heteroatoms. The lowest BCUT2D eigenvalue weighted by Crippen LogP contribution is -2.38. The first kappa shape index (κ1) is 24.0. The van der Waals surface area contributed by atoms with Gasteiger partial charge in [0.15, 0.2) is 5.65 Å². The van der Waals surface area contributed by atoms with E-state index in [1.54, 1.807) is 6.20 Å². The predicted octanol–water partition coefficient (Wildman–Crippen LogP) is 4.34. The van der Waals surface area contributed by atoms with Crippen LogP contribution >= 0.6 is 0 Å². The molecule has 32 heavy (non-hydrogen) atoms. The first-order valence-corrected chi connectivity index (χ1v) is 11.8. The molecule has 0 aliphatic heterocycles. The summed E-state index contributed by atoms with van der Waals surface area (Å²) in [6, 6.07) is 0. The Bertz CT molecular complexity index is 912. The van der Waals surface area contributed by atoms with Crippen LogP contribution in [0.15, 0.2) is 18.6 Å². The number of rotatable bonds is 9. The second-order valence-corrected chi connectivity index (χ2v) is 9.65. The molecule has 0 radical (unpaired) electrons. The molecule has 0 bridgehead atoms. The Morgan fingerprint density at radius 3 is 2.56 bits per heavy atom. The number of carbonyl (C=O) groups excluding carboxylic acids is 1. The minimum absolute atomic E-state index is 0.107. The minimum Gasteiger partial charge on any atom is -0.446 e. The van der Waals surface area contributed by atoms with E-state index in [4.69, 9.17) is 4.74 Å². The van der Waals surface area contributed by atoms with Crippen LogP contribution in [0.25, 0.3) is 11.7 Å². The molecule has 3 atom stereocenters. The highest BCUT2D eigenvalue weighted by Crippen LogP contribution is 2.42. The maximum Gasteiger partial charge on any atom is 0.410 e. The molecule has 1 fully saturated rings. The molecule has 176 valence electrons. The Kier molecular flexibility index (Phi) is 8.10. The second-order valence-electron chi connectivity index (χ2n) is 9.65. The molecule has 8 nitrogen and oxygen atoms in total. The lowest BCUT2D eigenvalue weighted by molar-refractivity contribution is 0.0569. The summed E-state index contributed by atoms with van der Waals surface area (Å²) in [4.78, 5) is 19.1. The van der Waals surface area contributed by atoms with Crippen LogP contribution in [-0.4, -0.2) is 56.8 Å². The first-order chi connectivity index (χ1) is 15.3. The monoisotopic (exact) mass is 442 g/mol. The fourth-order valence-electron chi connectivity index (χ4n) is 4.68. The standard InChI is InChI=1S/C24H38N6O2/c1-7-18-10-20(32-24(31)29(14-16(2)3)15-17(4)5)11-21(18)23-28-27-22-13-26-12-19(30(22)23)8-9-25-6/h8-9,12-13,16-18,20-21,25H,7,10-11,14-15H2,1-6H3/b9-8-. The van der Waals surface area contributed by atoms with Gasteiger partial charge in [-0.15, -0.1) is 10.2 Å². The van der Waals surface area contributed by atoms with E-state index in [9.17, 15) is 4.79 Å². The number of hydrogen-bond acceptors (Lipinski definition) is 6. The lowest BCUT2D eigenvalue weighted by Gasteiger charge is -2.27. The van der Waals surface area contributed by atoms with Gasteiger partial charge in [0, 0.05) is 26.1 Å². The summed E-state index contributed by atoms with van der Waals surface area (Å²) < 4.78 is 8.11. The molecule has 3 rings (SSSR count). The van der Waals surface area contributed by atoms with Gasteiger partial charge in [0.25, 0.3) is 0 Å². The van der Waals surface area contributed by atoms with Crippen molar-refractivity contribution >= 4 is 17.8 Å². The van der Waals surface area contributed by atoms with Crippen molar-refractivity contribution in [1.82, 2.24) is 29.8 Å². The highest BCUT2D eigenvalue weighted by molar-refractivity contribution is 5.68. The highest BCUT2D eigenvalue weighted by atomic mass is 16.6. The zero-order valence-electron chi connectivity index (χ0n) is 20.3. The van der Waals surface area contributed by atoms with E-state index in [1.807, 2.05) is 30.4 Å². The molecule has 2 aromatic heterocycles. The number of nitrogens with zero attached hydrogens (tertiary/aromatic N) is 5. The fourth-order valence-corrected chi connectivity index (χ4v) is 4.68. The van der Waals surface area contributed by atoms with Gasteiger partial charge in [0.05, 0.1) is 18.1 Å². The Balaban J connectivity index is 1.80. The molecule has 0 spiro atoms. The molecular weight excluding hydrogens is 404 g/mol. The van der Waals surface area contributed by atoms with Crippen LogP contribution in [0.3, 0.4) is 0 Å². The number of amides is 1. The van der Waals surface area contributed by atoms with Crippen molar-refractivity contribution in [3.8, 4) is 0 Å². The Morgan fingerprint density at radius 1 is 1.22 bits per heavy atom. The van der Waals surface area contributed by atoms with Crippen molar-refractivity contribution in [3.63, 3.8) is 0 Å². The van der Waals surface area contributed by atoms with Crippen molar-refractivity contribution in [3.05, 3.63) is 30.1 Å². The van der Waals surface area contributed by atoms with E-state index in [0.717, 1.165) is 36.4 Å². The molecule has 2 heterocycles. The molecule has 3 unspecified atom stereocenters. The predicted molar refractivity (Wildman–Crippen MR) is 126 cm³/mol. The Labute approximate surface area is 191 Å². The molecule has 0 saturated heterocycles. The van der Waals surface area contributed by atoms with Gasteiger partial charge in [0.1, 0.15) is 11.9 Å². The summed E-state index contributed by atoms with van der Waals surface area (Å²) in [6.45, 7) is 12.1. The second kappa shape index (κ2) is 10.8. The summed E-state index contributed by atoms with van der Waals surface area (Å²) in [5, 5.41) is 11.9. The third-order valence-corrected chi connectivity index (χ3v) is 5.99. The van der Waals surface area contributed by atoms with E-state index in [-0.39, 0.29) is 18.1 Å². The van der Waals surface area contributed by atoms with Gasteiger partial charge in [0.2, 0.25) is 0 Å². The van der Waals surface area contributed by atoms with Crippen LogP contribution in [0, 0.1) is 17.8 Å². The number of ether oxygens (including phenoxy) is 1. The maximum atomic E-state index is 13.0. The van der Waals surface area contributed by atoms with E-state index in [2.05, 4.69) is 59.5 Å². The summed E-state index contributed by atoms with van der Waals surface area (Å²) >= 11 is 0. The summed E-state index contributed by atoms with van der Waals surface area (Å²) in [7, 11) is 1.86. The van der Waals surface area contributed by atoms with E-state index >= 15 is 0 Å². The normalized spacial score (nSPS) is 21.2. The highest BCUT2D eigenvalue weighted by Gasteiger charge is 2.39. The third-order valence-electron chi connectivity index (χ3n) is 5.99. The smallest absolute Gasteiger partial charge is 0.410 e. The maximum absolute atomic E-state index is 13.0. The quantitative estimate of drug-likeness (QED) is 0.622. The van der Waals surface area contributed by atoms with Gasteiger partial charge in [-0.05, 0) is 42.9 Å². The van der Waals surface area contributed by atoms with E-state index in [0.29, 0.717) is 30.8 Å².